The summed E-state index contributed by atoms with van der Waals surface area (Å²) in [5, 5.41) is 0. The first-order valence-corrected chi connectivity index (χ1v) is 5.51. The summed E-state index contributed by atoms with van der Waals surface area (Å²) in [6, 6.07) is 10.00. The SMILES string of the molecule is C=CCc1nc(C=O)c(Cc2ccccc2)[nH]1. The van der Waals surface area contributed by atoms with Crippen LogP contribution < -0.4 is 0 Å². The predicted octanol–water partition coefficient (Wildman–Crippen LogP) is 2.54. The Bertz CT molecular complexity index is 514. The lowest BCUT2D eigenvalue weighted by atomic mass is 10.1. The molecule has 0 radical (unpaired) electrons. The van der Waals surface area contributed by atoms with E-state index < -0.39 is 0 Å². The van der Waals surface area contributed by atoms with E-state index in [1.807, 2.05) is 30.3 Å². The van der Waals surface area contributed by atoms with Crippen LogP contribution in [0.15, 0.2) is 43.0 Å². The van der Waals surface area contributed by atoms with Crippen molar-refractivity contribution in [3.05, 3.63) is 65.8 Å². The van der Waals surface area contributed by atoms with Crippen LogP contribution in [0.1, 0.15) is 27.6 Å². The molecule has 17 heavy (non-hydrogen) atoms. The largest absolute Gasteiger partial charge is 0.345 e. The quantitative estimate of drug-likeness (QED) is 0.629. The molecule has 2 aromatic rings. The number of imidazole rings is 1. The number of hydrogen-bond acceptors (Lipinski definition) is 2. The summed E-state index contributed by atoms with van der Waals surface area (Å²) in [5.74, 6) is 0.785. The number of H-pyrrole nitrogens is 1. The Labute approximate surface area is 100 Å². The van der Waals surface area contributed by atoms with E-state index in [1.165, 1.54) is 0 Å². The molecule has 1 aromatic heterocycles. The average Bonchev–Trinajstić information content (AvgIpc) is 2.73. The number of aromatic nitrogens is 2. The van der Waals surface area contributed by atoms with Crippen LogP contribution in [-0.4, -0.2) is 16.3 Å². The molecule has 0 atom stereocenters. The molecule has 3 heteroatoms. The van der Waals surface area contributed by atoms with E-state index in [1.54, 1.807) is 6.08 Å². The molecule has 0 aliphatic carbocycles. The van der Waals surface area contributed by atoms with E-state index in [0.717, 1.165) is 23.4 Å². The third-order valence-corrected chi connectivity index (χ3v) is 2.53. The van der Waals surface area contributed by atoms with Gasteiger partial charge in [-0.1, -0.05) is 36.4 Å². The first-order chi connectivity index (χ1) is 8.33. The van der Waals surface area contributed by atoms with Crippen molar-refractivity contribution in [1.29, 1.82) is 0 Å². The van der Waals surface area contributed by atoms with E-state index in [4.69, 9.17) is 0 Å². The molecule has 0 saturated heterocycles. The zero-order chi connectivity index (χ0) is 12.1. The van der Waals surface area contributed by atoms with Crippen LogP contribution in [0.4, 0.5) is 0 Å². The van der Waals surface area contributed by atoms with Gasteiger partial charge in [0, 0.05) is 18.5 Å². The predicted molar refractivity (Wildman–Crippen MR) is 67.1 cm³/mol. The van der Waals surface area contributed by atoms with E-state index in [0.29, 0.717) is 18.5 Å². The van der Waals surface area contributed by atoms with Crippen molar-refractivity contribution < 1.29 is 4.79 Å². The van der Waals surface area contributed by atoms with E-state index in [2.05, 4.69) is 16.5 Å². The second kappa shape index (κ2) is 5.25. The number of hydrogen-bond donors (Lipinski definition) is 1. The summed E-state index contributed by atoms with van der Waals surface area (Å²) < 4.78 is 0. The van der Waals surface area contributed by atoms with Gasteiger partial charge in [0.25, 0.3) is 0 Å². The van der Waals surface area contributed by atoms with Crippen LogP contribution in [0.2, 0.25) is 0 Å². The van der Waals surface area contributed by atoms with Gasteiger partial charge in [-0.25, -0.2) is 4.98 Å². The molecule has 2 rings (SSSR count). The number of carbonyl (C=O) groups excluding carboxylic acids is 1. The van der Waals surface area contributed by atoms with Crippen molar-refractivity contribution in [3.63, 3.8) is 0 Å². The standard InChI is InChI=1S/C14H14N2O/c1-2-6-14-15-12(13(10-17)16-14)9-11-7-4-3-5-8-11/h2-5,7-8,10H,1,6,9H2,(H,15,16). The van der Waals surface area contributed by atoms with Crippen molar-refractivity contribution in [3.8, 4) is 0 Å². The summed E-state index contributed by atoms with van der Waals surface area (Å²) in [7, 11) is 0. The zero-order valence-corrected chi connectivity index (χ0v) is 9.52. The van der Waals surface area contributed by atoms with Crippen molar-refractivity contribution in [2.24, 2.45) is 0 Å². The lowest BCUT2D eigenvalue weighted by Crippen LogP contribution is -1.93. The molecule has 0 fully saturated rings. The molecule has 0 aliphatic heterocycles. The summed E-state index contributed by atoms with van der Waals surface area (Å²) in [5.41, 5.74) is 2.51. The van der Waals surface area contributed by atoms with Crippen LogP contribution in [0.5, 0.6) is 0 Å². The molecule has 0 aliphatic rings. The van der Waals surface area contributed by atoms with Crippen LogP contribution in [0.25, 0.3) is 0 Å². The Hall–Kier alpha value is -2.16. The topological polar surface area (TPSA) is 45.8 Å². The van der Waals surface area contributed by atoms with Crippen LogP contribution >= 0.6 is 0 Å². The lowest BCUT2D eigenvalue weighted by Gasteiger charge is -1.98. The molecule has 1 N–H and O–H groups in total. The van der Waals surface area contributed by atoms with Crippen molar-refractivity contribution >= 4 is 6.29 Å². The highest BCUT2D eigenvalue weighted by atomic mass is 16.1. The minimum atomic E-state index is 0.491. The monoisotopic (exact) mass is 226 g/mol. The fourth-order valence-electron chi connectivity index (χ4n) is 1.74. The van der Waals surface area contributed by atoms with Crippen LogP contribution in [0.3, 0.4) is 0 Å². The molecule has 0 saturated carbocycles. The number of nitrogens with one attached hydrogen (secondary N) is 1. The minimum absolute atomic E-state index is 0.491. The molecule has 3 nitrogen and oxygen atoms in total. The van der Waals surface area contributed by atoms with Gasteiger partial charge in [-0.05, 0) is 5.56 Å². The highest BCUT2D eigenvalue weighted by Gasteiger charge is 2.08. The molecule has 1 aromatic carbocycles. The number of nitrogens with zero attached hydrogens (tertiary/aromatic N) is 1. The van der Waals surface area contributed by atoms with Crippen molar-refractivity contribution in [2.75, 3.05) is 0 Å². The Morgan fingerprint density at radius 3 is 2.71 bits per heavy atom. The Morgan fingerprint density at radius 1 is 1.29 bits per heavy atom. The first-order valence-electron chi connectivity index (χ1n) is 5.51. The summed E-state index contributed by atoms with van der Waals surface area (Å²) >= 11 is 0. The molecule has 0 bridgehead atoms. The third kappa shape index (κ3) is 2.69. The molecular weight excluding hydrogens is 212 g/mol. The maximum atomic E-state index is 10.9. The highest BCUT2D eigenvalue weighted by Crippen LogP contribution is 2.11. The second-order valence-electron chi connectivity index (χ2n) is 3.82. The van der Waals surface area contributed by atoms with Gasteiger partial charge in [0.05, 0.1) is 0 Å². The second-order valence-corrected chi connectivity index (χ2v) is 3.82. The molecule has 1 heterocycles. The molecule has 86 valence electrons. The number of aromatic amines is 1. The maximum absolute atomic E-state index is 10.9. The van der Waals surface area contributed by atoms with Crippen LogP contribution in [0, 0.1) is 0 Å². The van der Waals surface area contributed by atoms with Crippen LogP contribution in [-0.2, 0) is 12.8 Å². The lowest BCUT2D eigenvalue weighted by molar-refractivity contribution is 0.111. The van der Waals surface area contributed by atoms with Crippen molar-refractivity contribution in [2.45, 2.75) is 12.8 Å². The van der Waals surface area contributed by atoms with Gasteiger partial charge in [0.15, 0.2) is 6.29 Å². The first kappa shape index (κ1) is 11.3. The van der Waals surface area contributed by atoms with Gasteiger partial charge in [-0.2, -0.15) is 0 Å². The Morgan fingerprint density at radius 2 is 2.06 bits per heavy atom. The van der Waals surface area contributed by atoms with Gasteiger partial charge in [-0.3, -0.25) is 4.79 Å². The van der Waals surface area contributed by atoms with Gasteiger partial charge < -0.3 is 4.98 Å². The van der Waals surface area contributed by atoms with E-state index >= 15 is 0 Å². The minimum Gasteiger partial charge on any atom is -0.345 e. The van der Waals surface area contributed by atoms with Gasteiger partial charge in [0.2, 0.25) is 0 Å². The number of allylic oxidation sites excluding steroid dienone is 1. The number of benzene rings is 1. The molecule has 0 amide bonds. The average molecular weight is 226 g/mol. The normalized spacial score (nSPS) is 10.1. The number of carbonyl (C=O) groups is 1. The molecule has 0 unspecified atom stereocenters. The van der Waals surface area contributed by atoms with E-state index in [9.17, 15) is 4.79 Å². The van der Waals surface area contributed by atoms with E-state index in [-0.39, 0.29) is 0 Å². The van der Waals surface area contributed by atoms with Crippen molar-refractivity contribution in [1.82, 2.24) is 9.97 Å². The Balaban J connectivity index is 2.25. The maximum Gasteiger partial charge on any atom is 0.170 e. The van der Waals surface area contributed by atoms with Gasteiger partial charge in [0.1, 0.15) is 11.5 Å². The highest BCUT2D eigenvalue weighted by molar-refractivity contribution is 5.73. The third-order valence-electron chi connectivity index (χ3n) is 2.53. The molecule has 0 spiro atoms. The summed E-state index contributed by atoms with van der Waals surface area (Å²) in [6.45, 7) is 3.66. The summed E-state index contributed by atoms with van der Waals surface area (Å²) in [4.78, 5) is 18.3. The smallest absolute Gasteiger partial charge is 0.170 e. The fourth-order valence-corrected chi connectivity index (χ4v) is 1.74. The molecular formula is C14H14N2O. The van der Waals surface area contributed by atoms with Gasteiger partial charge in [-0.15, -0.1) is 6.58 Å². The number of rotatable bonds is 5. The summed E-state index contributed by atoms with van der Waals surface area (Å²) in [6.07, 6.45) is 3.90. The van der Waals surface area contributed by atoms with Gasteiger partial charge >= 0.3 is 0 Å². The zero-order valence-electron chi connectivity index (χ0n) is 9.52. The number of aldehydes is 1. The Kier molecular flexibility index (Phi) is 3.50. The fraction of sp³-hybridized carbons (Fsp3) is 0.143.